The number of carbonyl (C=O) groups is 1. The minimum Gasteiger partial charge on any atom is -0.454 e. The third kappa shape index (κ3) is 5.23. The summed E-state index contributed by atoms with van der Waals surface area (Å²) in [4.78, 5) is 16.5. The van der Waals surface area contributed by atoms with Crippen molar-refractivity contribution in [2.75, 3.05) is 0 Å². The molecule has 2 heterocycles. The summed E-state index contributed by atoms with van der Waals surface area (Å²) in [5, 5.41) is 7.53. The van der Waals surface area contributed by atoms with Gasteiger partial charge in [0.25, 0.3) is 5.89 Å². The Bertz CT molecular complexity index is 1270. The summed E-state index contributed by atoms with van der Waals surface area (Å²) in [6.07, 6.45) is 0. The van der Waals surface area contributed by atoms with E-state index >= 15 is 0 Å². The normalized spacial score (nSPS) is 11.4. The van der Waals surface area contributed by atoms with Crippen LogP contribution in [0.15, 0.2) is 80.8 Å². The van der Waals surface area contributed by atoms with E-state index in [-0.39, 0.29) is 29.4 Å². The van der Waals surface area contributed by atoms with Gasteiger partial charge in [-0.1, -0.05) is 41.6 Å². The molecule has 2 aromatic heterocycles. The highest BCUT2D eigenvalue weighted by atomic mass is 32.2. The maximum atomic E-state index is 12.6. The molecule has 158 valence electrons. The fourth-order valence-electron chi connectivity index (χ4n) is 2.68. The van der Waals surface area contributed by atoms with Gasteiger partial charge in [0, 0.05) is 11.9 Å². The molecule has 4 rings (SSSR count). The Balaban J connectivity index is 1.39. The molecule has 0 amide bonds. The van der Waals surface area contributed by atoms with Crippen molar-refractivity contribution in [3.63, 3.8) is 0 Å². The lowest BCUT2D eigenvalue weighted by Gasteiger charge is -2.08. The van der Waals surface area contributed by atoms with Crippen molar-refractivity contribution in [1.82, 2.24) is 14.9 Å². The van der Waals surface area contributed by atoms with Gasteiger partial charge in [0.2, 0.25) is 15.8 Å². The molecule has 0 bridgehead atoms. The molecule has 0 aliphatic rings. The van der Waals surface area contributed by atoms with Crippen molar-refractivity contribution >= 4 is 27.3 Å². The Kier molecular flexibility index (Phi) is 6.21. The summed E-state index contributed by atoms with van der Waals surface area (Å²) in [6, 6.07) is 16.6. The van der Waals surface area contributed by atoms with Crippen molar-refractivity contribution in [2.24, 2.45) is 0 Å². The Morgan fingerprint density at radius 1 is 1.10 bits per heavy atom. The molecule has 0 aliphatic heterocycles. The van der Waals surface area contributed by atoms with Gasteiger partial charge in [-0.05, 0) is 35.2 Å². The highest BCUT2D eigenvalue weighted by Gasteiger charge is 2.18. The lowest BCUT2D eigenvalue weighted by molar-refractivity contribution is 0.0459. The summed E-state index contributed by atoms with van der Waals surface area (Å²) in [6.45, 7) is -0.0577. The molecule has 8 nitrogen and oxygen atoms in total. The zero-order valence-electron chi connectivity index (χ0n) is 16.1. The molecule has 2 aromatic carbocycles. The number of hydrogen-bond acceptors (Lipinski definition) is 8. The van der Waals surface area contributed by atoms with Crippen LogP contribution in [0.2, 0.25) is 0 Å². The molecule has 0 saturated carbocycles. The van der Waals surface area contributed by atoms with E-state index in [2.05, 4.69) is 14.9 Å². The highest BCUT2D eigenvalue weighted by molar-refractivity contribution is 7.89. The number of nitrogens with one attached hydrogen (secondary N) is 1. The molecule has 0 atom stereocenters. The van der Waals surface area contributed by atoms with Crippen LogP contribution >= 0.6 is 11.3 Å². The molecular formula is C21H17N3O5S2. The molecule has 10 heteroatoms. The summed E-state index contributed by atoms with van der Waals surface area (Å²) < 4.78 is 38.0. The second kappa shape index (κ2) is 9.21. The Labute approximate surface area is 182 Å². The maximum absolute atomic E-state index is 12.6. The first-order valence-electron chi connectivity index (χ1n) is 9.17. The van der Waals surface area contributed by atoms with Crippen LogP contribution in [0.3, 0.4) is 0 Å². The molecule has 0 unspecified atom stereocenters. The average Bonchev–Trinajstić information content (AvgIpc) is 3.49. The Hall–Kier alpha value is -3.34. The van der Waals surface area contributed by atoms with Crippen LogP contribution in [0.25, 0.3) is 11.5 Å². The van der Waals surface area contributed by atoms with Crippen LogP contribution in [0.5, 0.6) is 0 Å². The summed E-state index contributed by atoms with van der Waals surface area (Å²) in [5.41, 5.74) is 1.71. The van der Waals surface area contributed by atoms with Gasteiger partial charge >= 0.3 is 5.97 Å². The van der Waals surface area contributed by atoms with Gasteiger partial charge in [0.05, 0.1) is 16.0 Å². The summed E-state index contributed by atoms with van der Waals surface area (Å²) in [7, 11) is -3.80. The predicted octanol–water partition coefficient (Wildman–Crippen LogP) is 3.63. The minimum absolute atomic E-state index is 0.0304. The number of aromatic nitrogens is 2. The first-order valence-corrected chi connectivity index (χ1v) is 11.6. The lowest BCUT2D eigenvalue weighted by Crippen LogP contribution is -2.23. The number of carbonyl (C=O) groups excluding carboxylic acids is 1. The van der Waals surface area contributed by atoms with E-state index in [4.69, 9.17) is 9.26 Å². The van der Waals surface area contributed by atoms with Gasteiger partial charge in [-0.2, -0.15) is 16.3 Å². The van der Waals surface area contributed by atoms with Crippen molar-refractivity contribution in [3.8, 4) is 11.5 Å². The van der Waals surface area contributed by atoms with E-state index in [1.54, 1.807) is 0 Å². The molecule has 0 spiro atoms. The van der Waals surface area contributed by atoms with E-state index in [9.17, 15) is 13.2 Å². The van der Waals surface area contributed by atoms with Crippen LogP contribution < -0.4 is 4.72 Å². The quantitative estimate of drug-likeness (QED) is 0.404. The third-order valence-corrected chi connectivity index (χ3v) is 6.34. The van der Waals surface area contributed by atoms with Crippen LogP contribution in [0, 0.1) is 0 Å². The van der Waals surface area contributed by atoms with Gasteiger partial charge < -0.3 is 9.26 Å². The molecular weight excluding hydrogens is 438 g/mol. The van der Waals surface area contributed by atoms with Crippen molar-refractivity contribution in [3.05, 3.63) is 88.4 Å². The molecule has 0 aliphatic carbocycles. The molecule has 1 N–H and O–H groups in total. The van der Waals surface area contributed by atoms with Gasteiger partial charge in [0.1, 0.15) is 0 Å². The molecule has 4 aromatic rings. The summed E-state index contributed by atoms with van der Waals surface area (Å²) >= 11 is 1.50. The second-order valence-electron chi connectivity index (χ2n) is 6.44. The van der Waals surface area contributed by atoms with Crippen LogP contribution in [-0.4, -0.2) is 24.5 Å². The molecule has 0 fully saturated rings. The maximum Gasteiger partial charge on any atom is 0.338 e. The largest absolute Gasteiger partial charge is 0.454 e. The van der Waals surface area contributed by atoms with Gasteiger partial charge in [-0.15, -0.1) is 0 Å². The van der Waals surface area contributed by atoms with Crippen molar-refractivity contribution in [1.29, 1.82) is 0 Å². The number of nitrogens with zero attached hydrogens (tertiary/aromatic N) is 2. The standard InChI is InChI=1S/C21H17N3O5S2/c25-21(28-13-19-23-20(29-24-19)17-9-10-30-14-17)16-7-4-8-18(11-16)31(26,27)22-12-15-5-2-1-3-6-15/h1-11,14,22H,12-13H2. The van der Waals surface area contributed by atoms with E-state index < -0.39 is 16.0 Å². The molecule has 0 saturated heterocycles. The van der Waals surface area contributed by atoms with Crippen LogP contribution in [-0.2, 0) is 27.9 Å². The number of ether oxygens (including phenoxy) is 1. The SMILES string of the molecule is O=C(OCc1noc(-c2ccsc2)n1)c1cccc(S(=O)(=O)NCc2ccccc2)c1. The van der Waals surface area contributed by atoms with E-state index in [0.717, 1.165) is 11.1 Å². The molecule has 0 radical (unpaired) electrons. The third-order valence-electron chi connectivity index (χ3n) is 4.26. The Morgan fingerprint density at radius 2 is 1.94 bits per heavy atom. The van der Waals surface area contributed by atoms with Crippen molar-refractivity contribution in [2.45, 2.75) is 18.0 Å². The zero-order chi connectivity index (χ0) is 21.7. The van der Waals surface area contributed by atoms with Gasteiger partial charge in [-0.3, -0.25) is 0 Å². The second-order valence-corrected chi connectivity index (χ2v) is 8.99. The number of rotatable bonds is 8. The van der Waals surface area contributed by atoms with Crippen LogP contribution in [0.1, 0.15) is 21.7 Å². The lowest BCUT2D eigenvalue weighted by atomic mass is 10.2. The van der Waals surface area contributed by atoms with E-state index in [1.165, 1.54) is 35.6 Å². The van der Waals surface area contributed by atoms with Gasteiger partial charge in [-0.25, -0.2) is 17.9 Å². The number of thiophene rings is 1. The average molecular weight is 456 g/mol. The first kappa shape index (κ1) is 20.9. The fourth-order valence-corrected chi connectivity index (χ4v) is 4.37. The molecule has 31 heavy (non-hydrogen) atoms. The number of hydrogen-bond donors (Lipinski definition) is 1. The predicted molar refractivity (Wildman–Crippen MR) is 114 cm³/mol. The summed E-state index contributed by atoms with van der Waals surface area (Å²) in [5.74, 6) is -0.144. The Morgan fingerprint density at radius 3 is 2.71 bits per heavy atom. The number of esters is 1. The fraction of sp³-hybridized carbons (Fsp3) is 0.0952. The van der Waals surface area contributed by atoms with E-state index in [0.29, 0.717) is 5.89 Å². The van der Waals surface area contributed by atoms with Crippen LogP contribution in [0.4, 0.5) is 0 Å². The number of sulfonamides is 1. The van der Waals surface area contributed by atoms with E-state index in [1.807, 2.05) is 47.2 Å². The minimum atomic E-state index is -3.80. The monoisotopic (exact) mass is 455 g/mol. The van der Waals surface area contributed by atoms with Crippen molar-refractivity contribution < 1.29 is 22.5 Å². The topological polar surface area (TPSA) is 111 Å². The number of benzene rings is 2. The smallest absolute Gasteiger partial charge is 0.338 e. The zero-order valence-corrected chi connectivity index (χ0v) is 17.7. The highest BCUT2D eigenvalue weighted by Crippen LogP contribution is 2.20. The first-order chi connectivity index (χ1) is 15.0. The van der Waals surface area contributed by atoms with Gasteiger partial charge in [0.15, 0.2) is 6.61 Å².